The summed E-state index contributed by atoms with van der Waals surface area (Å²) < 4.78 is 34.3. The molecule has 4 rings (SSSR count). The summed E-state index contributed by atoms with van der Waals surface area (Å²) in [7, 11) is 0. The van der Waals surface area contributed by atoms with Gasteiger partial charge in [-0.25, -0.2) is 8.78 Å². The summed E-state index contributed by atoms with van der Waals surface area (Å²) in [6, 6.07) is 6.82. The summed E-state index contributed by atoms with van der Waals surface area (Å²) in [5, 5.41) is 4.04. The quantitative estimate of drug-likeness (QED) is 0.849. The van der Waals surface area contributed by atoms with Crippen LogP contribution in [0.1, 0.15) is 31.4 Å². The minimum Gasteiger partial charge on any atom is -0.455 e. The summed E-state index contributed by atoms with van der Waals surface area (Å²) in [5.74, 6) is -0.143. The van der Waals surface area contributed by atoms with Gasteiger partial charge in [-0.1, -0.05) is 12.1 Å². The molecule has 2 aliphatic heterocycles. The van der Waals surface area contributed by atoms with Crippen LogP contribution in [0.15, 0.2) is 28.7 Å². The largest absolute Gasteiger partial charge is 0.455 e. The summed E-state index contributed by atoms with van der Waals surface area (Å²) in [4.78, 5) is 0. The third kappa shape index (κ3) is 1.70. The minimum absolute atomic E-state index is 0.167. The highest BCUT2D eigenvalue weighted by Gasteiger charge is 2.47. The standard InChI is InChI=1S/C15H15F2NO/c16-12-3-1-2-9-6-13(19-14(9)12)15(17)7-10-4-5-11(8-15)18-10/h1-3,6,10-11,18H,4-5,7-8H2. The first-order valence-corrected chi connectivity index (χ1v) is 6.78. The Bertz CT molecular complexity index is 624. The molecule has 1 aromatic carbocycles. The average Bonchev–Trinajstić information content (AvgIpc) is 2.95. The van der Waals surface area contributed by atoms with Crippen molar-refractivity contribution in [3.05, 3.63) is 35.8 Å². The Morgan fingerprint density at radius 1 is 1.21 bits per heavy atom. The second kappa shape index (κ2) is 3.79. The van der Waals surface area contributed by atoms with Gasteiger partial charge in [0, 0.05) is 30.3 Å². The molecule has 0 amide bonds. The Labute approximate surface area is 109 Å². The number of piperidine rings is 1. The molecule has 2 aliphatic rings. The van der Waals surface area contributed by atoms with Crippen LogP contribution in [0.5, 0.6) is 0 Å². The number of alkyl halides is 1. The number of benzene rings is 1. The lowest BCUT2D eigenvalue weighted by Gasteiger charge is -2.33. The molecule has 2 bridgehead atoms. The van der Waals surface area contributed by atoms with E-state index in [0.29, 0.717) is 18.2 Å². The highest BCUT2D eigenvalue weighted by Crippen LogP contribution is 2.45. The van der Waals surface area contributed by atoms with Crippen molar-refractivity contribution in [3.8, 4) is 0 Å². The van der Waals surface area contributed by atoms with E-state index in [9.17, 15) is 4.39 Å². The van der Waals surface area contributed by atoms with Gasteiger partial charge in [0.15, 0.2) is 17.1 Å². The molecule has 2 atom stereocenters. The van der Waals surface area contributed by atoms with Crippen molar-refractivity contribution in [1.82, 2.24) is 5.32 Å². The number of hydrogen-bond donors (Lipinski definition) is 1. The Hall–Kier alpha value is -1.42. The molecule has 1 N–H and O–H groups in total. The van der Waals surface area contributed by atoms with Crippen LogP contribution in [0.4, 0.5) is 8.78 Å². The Morgan fingerprint density at radius 3 is 2.63 bits per heavy atom. The number of halogens is 2. The van der Waals surface area contributed by atoms with E-state index in [0.717, 1.165) is 12.8 Å². The van der Waals surface area contributed by atoms with Crippen molar-refractivity contribution in [2.45, 2.75) is 43.4 Å². The monoisotopic (exact) mass is 263 g/mol. The van der Waals surface area contributed by atoms with Crippen LogP contribution >= 0.6 is 0 Å². The predicted octanol–water partition coefficient (Wildman–Crippen LogP) is 3.65. The Balaban J connectivity index is 1.79. The molecular weight excluding hydrogens is 248 g/mol. The van der Waals surface area contributed by atoms with Crippen molar-refractivity contribution in [2.24, 2.45) is 0 Å². The van der Waals surface area contributed by atoms with Crippen molar-refractivity contribution in [1.29, 1.82) is 0 Å². The first-order chi connectivity index (χ1) is 9.14. The molecular formula is C15H15F2NO. The van der Waals surface area contributed by atoms with E-state index >= 15 is 4.39 Å². The molecule has 2 aromatic rings. The van der Waals surface area contributed by atoms with E-state index < -0.39 is 11.5 Å². The molecule has 0 spiro atoms. The molecule has 4 heteroatoms. The normalized spacial score (nSPS) is 34.0. The van der Waals surface area contributed by atoms with Gasteiger partial charge in [0.1, 0.15) is 5.76 Å². The Morgan fingerprint density at radius 2 is 1.95 bits per heavy atom. The minimum atomic E-state index is -1.46. The van der Waals surface area contributed by atoms with Gasteiger partial charge in [0.2, 0.25) is 0 Å². The highest BCUT2D eigenvalue weighted by atomic mass is 19.1. The Kier molecular flexibility index (Phi) is 2.28. The molecule has 2 saturated heterocycles. The zero-order chi connectivity index (χ0) is 13.0. The molecule has 0 aliphatic carbocycles. The van der Waals surface area contributed by atoms with Crippen LogP contribution < -0.4 is 5.32 Å². The second-order valence-electron chi connectivity index (χ2n) is 5.78. The third-order valence-corrected chi connectivity index (χ3v) is 4.41. The lowest BCUT2D eigenvalue weighted by molar-refractivity contribution is 0.0643. The van der Waals surface area contributed by atoms with Crippen LogP contribution in [0.2, 0.25) is 0 Å². The lowest BCUT2D eigenvalue weighted by atomic mass is 9.87. The zero-order valence-electron chi connectivity index (χ0n) is 10.5. The van der Waals surface area contributed by atoms with Gasteiger partial charge < -0.3 is 9.73 Å². The summed E-state index contributed by atoms with van der Waals surface area (Å²) in [5.41, 5.74) is -1.29. The molecule has 2 unspecified atom stereocenters. The molecule has 1 aromatic heterocycles. The summed E-state index contributed by atoms with van der Waals surface area (Å²) in [6.45, 7) is 0. The maximum Gasteiger partial charge on any atom is 0.171 e. The number of rotatable bonds is 1. The van der Waals surface area contributed by atoms with Crippen molar-refractivity contribution in [2.75, 3.05) is 0 Å². The van der Waals surface area contributed by atoms with Gasteiger partial charge in [-0.3, -0.25) is 0 Å². The van der Waals surface area contributed by atoms with Crippen molar-refractivity contribution in [3.63, 3.8) is 0 Å². The molecule has 19 heavy (non-hydrogen) atoms. The summed E-state index contributed by atoms with van der Waals surface area (Å²) >= 11 is 0. The smallest absolute Gasteiger partial charge is 0.171 e. The van der Waals surface area contributed by atoms with Gasteiger partial charge in [-0.2, -0.15) is 0 Å². The van der Waals surface area contributed by atoms with Crippen LogP contribution in [-0.4, -0.2) is 12.1 Å². The molecule has 0 saturated carbocycles. The first-order valence-electron chi connectivity index (χ1n) is 6.78. The third-order valence-electron chi connectivity index (χ3n) is 4.41. The van der Waals surface area contributed by atoms with Gasteiger partial charge in [0.05, 0.1) is 0 Å². The van der Waals surface area contributed by atoms with E-state index in [2.05, 4.69) is 5.32 Å². The number of nitrogens with one attached hydrogen (secondary N) is 1. The molecule has 2 nitrogen and oxygen atoms in total. The fourth-order valence-corrected chi connectivity index (χ4v) is 3.54. The average molecular weight is 263 g/mol. The van der Waals surface area contributed by atoms with Crippen LogP contribution in [0.25, 0.3) is 11.0 Å². The molecule has 3 heterocycles. The van der Waals surface area contributed by atoms with Gasteiger partial charge in [0.25, 0.3) is 0 Å². The topological polar surface area (TPSA) is 25.2 Å². The number of furan rings is 1. The van der Waals surface area contributed by atoms with Crippen molar-refractivity contribution < 1.29 is 13.2 Å². The predicted molar refractivity (Wildman–Crippen MR) is 68.1 cm³/mol. The number of para-hydroxylation sites is 1. The zero-order valence-corrected chi connectivity index (χ0v) is 10.5. The second-order valence-corrected chi connectivity index (χ2v) is 5.78. The van der Waals surface area contributed by atoms with Crippen LogP contribution in [-0.2, 0) is 5.67 Å². The van der Waals surface area contributed by atoms with E-state index in [4.69, 9.17) is 4.42 Å². The highest BCUT2D eigenvalue weighted by molar-refractivity contribution is 5.78. The van der Waals surface area contributed by atoms with Gasteiger partial charge in [-0.15, -0.1) is 0 Å². The van der Waals surface area contributed by atoms with Crippen molar-refractivity contribution >= 4 is 11.0 Å². The molecule has 100 valence electrons. The SMILES string of the molecule is Fc1cccc2cc(C3(F)CC4CCC(C3)N4)oc12. The van der Waals surface area contributed by atoms with Crippen LogP contribution in [0, 0.1) is 5.82 Å². The summed E-state index contributed by atoms with van der Waals surface area (Å²) in [6.07, 6.45) is 2.88. The lowest BCUT2D eigenvalue weighted by Crippen LogP contribution is -2.44. The van der Waals surface area contributed by atoms with E-state index in [1.165, 1.54) is 6.07 Å². The molecule has 0 radical (unpaired) electrons. The molecule has 2 fully saturated rings. The van der Waals surface area contributed by atoms with E-state index in [-0.39, 0.29) is 23.4 Å². The maximum atomic E-state index is 15.2. The van der Waals surface area contributed by atoms with Gasteiger partial charge >= 0.3 is 0 Å². The number of fused-ring (bicyclic) bond motifs is 3. The fourth-order valence-electron chi connectivity index (χ4n) is 3.54. The van der Waals surface area contributed by atoms with Crippen LogP contribution in [0.3, 0.4) is 0 Å². The first kappa shape index (κ1) is 11.4. The maximum absolute atomic E-state index is 15.2. The van der Waals surface area contributed by atoms with E-state index in [1.807, 2.05) is 0 Å². The fraction of sp³-hybridized carbons (Fsp3) is 0.467. The number of hydrogen-bond acceptors (Lipinski definition) is 2. The van der Waals surface area contributed by atoms with Gasteiger partial charge in [-0.05, 0) is 25.0 Å². The van der Waals surface area contributed by atoms with E-state index in [1.54, 1.807) is 18.2 Å².